The zero-order chi connectivity index (χ0) is 13.1. The first-order valence-electron chi connectivity index (χ1n) is 7.44. The van der Waals surface area contributed by atoms with E-state index in [0.717, 1.165) is 0 Å². The maximum absolute atomic E-state index is 3.62. The van der Waals surface area contributed by atoms with Gasteiger partial charge in [0.05, 0.1) is 17.6 Å². The summed E-state index contributed by atoms with van der Waals surface area (Å²) >= 11 is 0. The van der Waals surface area contributed by atoms with Gasteiger partial charge in [-0.2, -0.15) is 0 Å². The van der Waals surface area contributed by atoms with Crippen LogP contribution in [-0.2, 0) is 0 Å². The van der Waals surface area contributed by atoms with Gasteiger partial charge in [0, 0.05) is 0 Å². The first-order chi connectivity index (χ1) is 8.10. The molecular formula is C14H33NSi2. The number of allylic oxidation sites excluding steroid dienone is 1. The van der Waals surface area contributed by atoms with Crippen molar-refractivity contribution in [2.24, 2.45) is 0 Å². The van der Waals surface area contributed by atoms with Gasteiger partial charge in [-0.1, -0.05) is 50.5 Å². The summed E-state index contributed by atoms with van der Waals surface area (Å²) in [6.45, 7) is 12.9. The van der Waals surface area contributed by atoms with E-state index in [2.05, 4.69) is 45.6 Å². The molecule has 17 heavy (non-hydrogen) atoms. The van der Waals surface area contributed by atoms with E-state index >= 15 is 0 Å². The van der Waals surface area contributed by atoms with Crippen LogP contribution in [-0.4, -0.2) is 30.3 Å². The Morgan fingerprint density at radius 1 is 1.12 bits per heavy atom. The fraction of sp³-hybridized carbons (Fsp3) is 0.857. The van der Waals surface area contributed by atoms with E-state index in [1.807, 2.05) is 0 Å². The summed E-state index contributed by atoms with van der Waals surface area (Å²) in [7, 11) is -0.820. The van der Waals surface area contributed by atoms with Crippen LogP contribution in [0, 0.1) is 0 Å². The fourth-order valence-corrected chi connectivity index (χ4v) is 7.12. The Labute approximate surface area is 112 Å². The molecule has 0 atom stereocenters. The van der Waals surface area contributed by atoms with Crippen LogP contribution in [0.4, 0.5) is 0 Å². The van der Waals surface area contributed by atoms with Crippen LogP contribution in [0.15, 0.2) is 11.3 Å². The standard InChI is InChI=1S/C14H33NSi2/c1-6-17(7-2,8-3)11-9-10-15-13-16-12-14(4)5/h12,15H,6-11,13,16H2,1-5H3. The minimum atomic E-state index is -0.844. The van der Waals surface area contributed by atoms with E-state index in [1.54, 1.807) is 0 Å². The van der Waals surface area contributed by atoms with Gasteiger partial charge in [0.2, 0.25) is 0 Å². The molecule has 0 fully saturated rings. The third-order valence-corrected chi connectivity index (χ3v) is 11.8. The lowest BCUT2D eigenvalue weighted by atomic mass is 10.4. The molecule has 0 saturated carbocycles. The van der Waals surface area contributed by atoms with Crippen LogP contribution in [0.1, 0.15) is 41.0 Å². The molecule has 0 bridgehead atoms. The lowest BCUT2D eigenvalue weighted by molar-refractivity contribution is 0.739. The van der Waals surface area contributed by atoms with Crippen LogP contribution in [0.5, 0.6) is 0 Å². The van der Waals surface area contributed by atoms with Gasteiger partial charge in [-0.15, -0.1) is 5.70 Å². The molecule has 3 heteroatoms. The molecule has 102 valence electrons. The SMILES string of the molecule is CC[Si](CC)(CC)CCCNC[SiH2]C=C(C)C. The molecule has 0 spiro atoms. The Bertz CT molecular complexity index is 198. The topological polar surface area (TPSA) is 12.0 Å². The molecule has 0 unspecified atom stereocenters. The van der Waals surface area contributed by atoms with Crippen molar-refractivity contribution in [2.45, 2.75) is 65.2 Å². The third kappa shape index (κ3) is 7.95. The summed E-state index contributed by atoms with van der Waals surface area (Å²) in [5.74, 6) is 0. The first-order valence-corrected chi connectivity index (χ1v) is 12.1. The minimum Gasteiger partial charge on any atom is -0.320 e. The predicted molar refractivity (Wildman–Crippen MR) is 87.5 cm³/mol. The van der Waals surface area contributed by atoms with Crippen molar-refractivity contribution in [1.29, 1.82) is 0 Å². The molecule has 0 amide bonds. The van der Waals surface area contributed by atoms with Gasteiger partial charge >= 0.3 is 0 Å². The quantitative estimate of drug-likeness (QED) is 0.473. The molecule has 0 aliphatic rings. The van der Waals surface area contributed by atoms with E-state index in [-0.39, 0.29) is 9.52 Å². The molecule has 0 rings (SSSR count). The van der Waals surface area contributed by atoms with Gasteiger partial charge < -0.3 is 5.32 Å². The normalized spacial score (nSPS) is 12.3. The number of hydrogen-bond acceptors (Lipinski definition) is 1. The van der Waals surface area contributed by atoms with Gasteiger partial charge in [0.15, 0.2) is 0 Å². The molecule has 0 aliphatic carbocycles. The summed E-state index contributed by atoms with van der Waals surface area (Å²) in [6, 6.07) is 5.97. The summed E-state index contributed by atoms with van der Waals surface area (Å²) in [5, 5.41) is 3.62. The minimum absolute atomic E-state index is 0.0242. The summed E-state index contributed by atoms with van der Waals surface area (Å²) in [4.78, 5) is 0. The Morgan fingerprint density at radius 2 is 1.71 bits per heavy atom. The molecule has 0 aliphatic heterocycles. The van der Waals surface area contributed by atoms with Gasteiger partial charge in [0.25, 0.3) is 0 Å². The van der Waals surface area contributed by atoms with Crippen molar-refractivity contribution in [2.75, 3.05) is 12.7 Å². The number of hydrogen-bond donors (Lipinski definition) is 1. The fourth-order valence-electron chi connectivity index (χ4n) is 2.46. The first kappa shape index (κ1) is 17.1. The van der Waals surface area contributed by atoms with Gasteiger partial charge in [-0.3, -0.25) is 0 Å². The molecule has 0 aromatic carbocycles. The van der Waals surface area contributed by atoms with E-state index in [9.17, 15) is 0 Å². The molecular weight excluding hydrogens is 238 g/mol. The largest absolute Gasteiger partial charge is 0.320 e. The van der Waals surface area contributed by atoms with E-state index in [1.165, 1.54) is 48.9 Å². The van der Waals surface area contributed by atoms with Gasteiger partial charge in [-0.25, -0.2) is 0 Å². The van der Waals surface area contributed by atoms with Crippen molar-refractivity contribution < 1.29 is 0 Å². The highest BCUT2D eigenvalue weighted by Gasteiger charge is 2.25. The highest BCUT2D eigenvalue weighted by atomic mass is 28.3. The van der Waals surface area contributed by atoms with E-state index in [0.29, 0.717) is 0 Å². The molecule has 1 nitrogen and oxygen atoms in total. The second-order valence-corrected chi connectivity index (χ2v) is 12.6. The lowest BCUT2D eigenvalue weighted by Gasteiger charge is -2.28. The van der Waals surface area contributed by atoms with Crippen LogP contribution in [0.2, 0.25) is 24.2 Å². The summed E-state index contributed by atoms with van der Waals surface area (Å²) < 4.78 is 0. The Balaban J connectivity index is 3.59. The smallest absolute Gasteiger partial charge is 0.0608 e. The van der Waals surface area contributed by atoms with E-state index < -0.39 is 8.07 Å². The van der Waals surface area contributed by atoms with Crippen LogP contribution in [0.3, 0.4) is 0 Å². The second-order valence-electron chi connectivity index (χ2n) is 5.48. The molecule has 0 saturated heterocycles. The molecule has 0 aromatic rings. The maximum atomic E-state index is 3.62. The Hall–Kier alpha value is 0.134. The molecule has 0 radical (unpaired) electrons. The van der Waals surface area contributed by atoms with Crippen molar-refractivity contribution >= 4 is 17.6 Å². The zero-order valence-corrected chi connectivity index (χ0v) is 15.1. The van der Waals surface area contributed by atoms with Gasteiger partial charge in [-0.05, 0) is 33.0 Å². The van der Waals surface area contributed by atoms with Crippen molar-refractivity contribution in [3.05, 3.63) is 11.3 Å². The summed E-state index contributed by atoms with van der Waals surface area (Å²) in [6.07, 6.45) is 2.69. The average molecular weight is 272 g/mol. The van der Waals surface area contributed by atoms with Crippen molar-refractivity contribution in [3.8, 4) is 0 Å². The van der Waals surface area contributed by atoms with Crippen LogP contribution in [0.25, 0.3) is 0 Å². The van der Waals surface area contributed by atoms with Gasteiger partial charge in [0.1, 0.15) is 0 Å². The number of nitrogens with one attached hydrogen (secondary N) is 1. The molecule has 0 aromatic heterocycles. The van der Waals surface area contributed by atoms with Crippen molar-refractivity contribution in [1.82, 2.24) is 5.32 Å². The van der Waals surface area contributed by atoms with Crippen LogP contribution >= 0.6 is 0 Å². The number of rotatable bonds is 10. The Kier molecular flexibility index (Phi) is 10.2. The lowest BCUT2D eigenvalue weighted by Crippen LogP contribution is -2.32. The molecule has 1 N–H and O–H groups in total. The summed E-state index contributed by atoms with van der Waals surface area (Å²) in [5.41, 5.74) is 3.95. The van der Waals surface area contributed by atoms with Crippen LogP contribution < -0.4 is 5.32 Å². The highest BCUT2D eigenvalue weighted by Crippen LogP contribution is 2.26. The predicted octanol–water partition coefficient (Wildman–Crippen LogP) is 3.52. The monoisotopic (exact) mass is 271 g/mol. The van der Waals surface area contributed by atoms with Crippen molar-refractivity contribution in [3.63, 3.8) is 0 Å². The highest BCUT2D eigenvalue weighted by molar-refractivity contribution is 6.79. The molecule has 0 heterocycles. The van der Waals surface area contributed by atoms with E-state index in [4.69, 9.17) is 0 Å². The zero-order valence-electron chi connectivity index (χ0n) is 12.7. The third-order valence-electron chi connectivity index (χ3n) is 4.18. The average Bonchev–Trinajstić information content (AvgIpc) is 2.33. The second kappa shape index (κ2) is 10.1. The Morgan fingerprint density at radius 3 is 2.18 bits per heavy atom. The maximum Gasteiger partial charge on any atom is 0.0608 e.